The van der Waals surface area contributed by atoms with Crippen LogP contribution in [0.4, 0.5) is 15.8 Å². The lowest BCUT2D eigenvalue weighted by atomic mass is 10.2. The summed E-state index contributed by atoms with van der Waals surface area (Å²) < 4.78 is 19.0. The molecule has 2 amide bonds. The number of amides is 2. The van der Waals surface area contributed by atoms with Crippen LogP contribution in [0, 0.1) is 5.82 Å². The van der Waals surface area contributed by atoms with Gasteiger partial charge in [0.2, 0.25) is 11.8 Å². The maximum absolute atomic E-state index is 13.9. The highest BCUT2D eigenvalue weighted by Gasteiger charge is 2.22. The second-order valence-electron chi connectivity index (χ2n) is 6.95. The molecule has 1 N–H and O–H groups in total. The number of carbonyl (C=O) groups excluding carboxylic acids is 2. The first-order valence-corrected chi connectivity index (χ1v) is 9.78. The van der Waals surface area contributed by atoms with E-state index in [1.165, 1.54) is 6.07 Å². The van der Waals surface area contributed by atoms with Crippen molar-refractivity contribution >= 4 is 23.2 Å². The van der Waals surface area contributed by atoms with E-state index in [0.29, 0.717) is 50.4 Å². The van der Waals surface area contributed by atoms with E-state index in [1.54, 1.807) is 48.4 Å². The predicted molar refractivity (Wildman–Crippen MR) is 111 cm³/mol. The summed E-state index contributed by atoms with van der Waals surface area (Å²) in [6.45, 7) is 2.33. The second-order valence-corrected chi connectivity index (χ2v) is 6.95. The Balaban J connectivity index is 1.37. The van der Waals surface area contributed by atoms with Crippen molar-refractivity contribution in [1.82, 2.24) is 4.90 Å². The van der Waals surface area contributed by atoms with Crippen LogP contribution in [0.25, 0.3) is 0 Å². The first kappa shape index (κ1) is 20.6. The minimum absolute atomic E-state index is 0.0374. The van der Waals surface area contributed by atoms with Crippen molar-refractivity contribution in [3.05, 3.63) is 54.3 Å². The number of methoxy groups -OCH3 is 1. The van der Waals surface area contributed by atoms with Crippen LogP contribution >= 0.6 is 0 Å². The molecule has 1 aliphatic heterocycles. The first-order valence-electron chi connectivity index (χ1n) is 9.78. The number of halogens is 1. The van der Waals surface area contributed by atoms with Crippen LogP contribution in [0.3, 0.4) is 0 Å². The molecule has 0 atom stereocenters. The molecule has 154 valence electrons. The maximum Gasteiger partial charge on any atom is 0.224 e. The first-order chi connectivity index (χ1) is 14.1. The van der Waals surface area contributed by atoms with Gasteiger partial charge in [-0.05, 0) is 42.8 Å². The molecule has 1 saturated heterocycles. The molecule has 0 spiro atoms. The monoisotopic (exact) mass is 399 g/mol. The maximum atomic E-state index is 13.9. The fourth-order valence-electron chi connectivity index (χ4n) is 3.36. The average Bonchev–Trinajstić information content (AvgIpc) is 2.75. The van der Waals surface area contributed by atoms with Gasteiger partial charge in [0, 0.05) is 44.7 Å². The number of carbonyl (C=O) groups is 2. The zero-order valence-corrected chi connectivity index (χ0v) is 16.6. The molecule has 0 radical (unpaired) electrons. The Morgan fingerprint density at radius 1 is 1.00 bits per heavy atom. The van der Waals surface area contributed by atoms with Crippen molar-refractivity contribution in [2.75, 3.05) is 43.5 Å². The van der Waals surface area contributed by atoms with Crippen LogP contribution in [0.15, 0.2) is 48.5 Å². The van der Waals surface area contributed by atoms with Crippen LogP contribution in [-0.2, 0) is 9.59 Å². The summed E-state index contributed by atoms with van der Waals surface area (Å²) in [5.41, 5.74) is 1.28. The summed E-state index contributed by atoms with van der Waals surface area (Å²) in [7, 11) is 1.59. The molecule has 2 aromatic rings. The van der Waals surface area contributed by atoms with Gasteiger partial charge in [0.1, 0.15) is 11.6 Å². The lowest BCUT2D eigenvalue weighted by Gasteiger charge is -2.36. The Labute approximate surface area is 170 Å². The third-order valence-electron chi connectivity index (χ3n) is 4.99. The lowest BCUT2D eigenvalue weighted by Crippen LogP contribution is -2.49. The Kier molecular flexibility index (Phi) is 7.05. The number of nitrogens with zero attached hydrogens (tertiary/aromatic N) is 2. The minimum atomic E-state index is -0.241. The molecule has 1 fully saturated rings. The lowest BCUT2D eigenvalue weighted by molar-refractivity contribution is -0.131. The van der Waals surface area contributed by atoms with Gasteiger partial charge in [-0.1, -0.05) is 12.1 Å². The van der Waals surface area contributed by atoms with Gasteiger partial charge in [-0.15, -0.1) is 0 Å². The van der Waals surface area contributed by atoms with Gasteiger partial charge < -0.3 is 19.9 Å². The molecule has 3 rings (SSSR count). The quantitative estimate of drug-likeness (QED) is 0.776. The highest BCUT2D eigenvalue weighted by atomic mass is 19.1. The van der Waals surface area contributed by atoms with E-state index >= 15 is 0 Å². The zero-order chi connectivity index (χ0) is 20.6. The van der Waals surface area contributed by atoms with E-state index in [0.717, 1.165) is 5.75 Å². The number of hydrogen-bond donors (Lipinski definition) is 1. The van der Waals surface area contributed by atoms with Crippen molar-refractivity contribution in [3.63, 3.8) is 0 Å². The highest BCUT2D eigenvalue weighted by Crippen LogP contribution is 2.20. The Morgan fingerprint density at radius 2 is 1.69 bits per heavy atom. The van der Waals surface area contributed by atoms with Crippen LogP contribution in [-0.4, -0.2) is 50.0 Å². The highest BCUT2D eigenvalue weighted by molar-refractivity contribution is 5.91. The third-order valence-corrected chi connectivity index (χ3v) is 4.99. The number of rotatable bonds is 7. The van der Waals surface area contributed by atoms with Gasteiger partial charge >= 0.3 is 0 Å². The number of piperazine rings is 1. The molecular weight excluding hydrogens is 373 g/mol. The molecule has 0 aliphatic carbocycles. The standard InChI is InChI=1S/C22H26FN3O3/c1-29-18-11-9-17(10-12-18)24-21(27)7-4-8-22(28)26-15-13-25(14-16-26)20-6-3-2-5-19(20)23/h2-3,5-6,9-12H,4,7-8,13-16H2,1H3,(H,24,27). The van der Waals surface area contributed by atoms with Crippen LogP contribution in [0.2, 0.25) is 0 Å². The largest absolute Gasteiger partial charge is 0.497 e. The average molecular weight is 399 g/mol. The predicted octanol–water partition coefficient (Wildman–Crippen LogP) is 3.29. The molecule has 1 heterocycles. The topological polar surface area (TPSA) is 61.9 Å². The molecular formula is C22H26FN3O3. The van der Waals surface area contributed by atoms with E-state index in [-0.39, 0.29) is 24.1 Å². The summed E-state index contributed by atoms with van der Waals surface area (Å²) in [4.78, 5) is 28.2. The third kappa shape index (κ3) is 5.70. The van der Waals surface area contributed by atoms with E-state index in [1.807, 2.05) is 11.0 Å². The van der Waals surface area contributed by atoms with E-state index in [9.17, 15) is 14.0 Å². The van der Waals surface area contributed by atoms with Gasteiger partial charge in [-0.3, -0.25) is 9.59 Å². The number of ether oxygens (including phenoxy) is 1. The number of nitrogens with one attached hydrogen (secondary N) is 1. The normalized spacial score (nSPS) is 13.9. The number of benzene rings is 2. The summed E-state index contributed by atoms with van der Waals surface area (Å²) in [6.07, 6.45) is 1.11. The fraction of sp³-hybridized carbons (Fsp3) is 0.364. The Morgan fingerprint density at radius 3 is 2.34 bits per heavy atom. The molecule has 0 saturated carbocycles. The molecule has 6 nitrogen and oxygen atoms in total. The molecule has 1 aliphatic rings. The minimum Gasteiger partial charge on any atom is -0.497 e. The molecule has 0 bridgehead atoms. The number of anilines is 2. The zero-order valence-electron chi connectivity index (χ0n) is 16.6. The van der Waals surface area contributed by atoms with E-state index < -0.39 is 0 Å². The molecule has 2 aromatic carbocycles. The molecule has 7 heteroatoms. The summed E-state index contributed by atoms with van der Waals surface area (Å²) in [6, 6.07) is 13.8. The summed E-state index contributed by atoms with van der Waals surface area (Å²) >= 11 is 0. The van der Waals surface area contributed by atoms with Crippen LogP contribution < -0.4 is 15.0 Å². The Bertz CT molecular complexity index is 833. The molecule has 0 unspecified atom stereocenters. The summed E-state index contributed by atoms with van der Waals surface area (Å²) in [5.74, 6) is 0.404. The van der Waals surface area contributed by atoms with Crippen molar-refractivity contribution in [3.8, 4) is 5.75 Å². The molecule has 0 aromatic heterocycles. The number of hydrogen-bond acceptors (Lipinski definition) is 4. The van der Waals surface area contributed by atoms with Crippen LogP contribution in [0.1, 0.15) is 19.3 Å². The smallest absolute Gasteiger partial charge is 0.224 e. The van der Waals surface area contributed by atoms with Gasteiger partial charge in [-0.2, -0.15) is 0 Å². The van der Waals surface area contributed by atoms with Gasteiger partial charge in [-0.25, -0.2) is 4.39 Å². The van der Waals surface area contributed by atoms with Crippen molar-refractivity contribution in [2.24, 2.45) is 0 Å². The SMILES string of the molecule is COc1ccc(NC(=O)CCCC(=O)N2CCN(c3ccccc3F)CC2)cc1. The van der Waals surface area contributed by atoms with Crippen LogP contribution in [0.5, 0.6) is 5.75 Å². The van der Waals surface area contributed by atoms with E-state index in [4.69, 9.17) is 4.74 Å². The summed E-state index contributed by atoms with van der Waals surface area (Å²) in [5, 5.41) is 2.81. The molecule has 29 heavy (non-hydrogen) atoms. The van der Waals surface area contributed by atoms with Gasteiger partial charge in [0.15, 0.2) is 0 Å². The fourth-order valence-corrected chi connectivity index (χ4v) is 3.36. The van der Waals surface area contributed by atoms with Crippen molar-refractivity contribution in [1.29, 1.82) is 0 Å². The van der Waals surface area contributed by atoms with Gasteiger partial charge in [0.25, 0.3) is 0 Å². The van der Waals surface area contributed by atoms with Gasteiger partial charge in [0.05, 0.1) is 12.8 Å². The number of para-hydroxylation sites is 1. The van der Waals surface area contributed by atoms with E-state index in [2.05, 4.69) is 5.32 Å². The van der Waals surface area contributed by atoms with Crippen molar-refractivity contribution in [2.45, 2.75) is 19.3 Å². The Hall–Kier alpha value is -3.09. The second kappa shape index (κ2) is 9.91. The van der Waals surface area contributed by atoms with Crippen molar-refractivity contribution < 1.29 is 18.7 Å².